The van der Waals surface area contributed by atoms with Crippen molar-refractivity contribution >= 4 is 0 Å². The second kappa shape index (κ2) is 3.05. The summed E-state index contributed by atoms with van der Waals surface area (Å²) in [5.74, 6) is 1.68. The fraction of sp³-hybridized carbons (Fsp3) is 0.625. The zero-order chi connectivity index (χ0) is 8.43. The number of rotatable bonds is 2. The van der Waals surface area contributed by atoms with Crippen molar-refractivity contribution in [3.05, 3.63) is 17.3 Å². The molecule has 0 atom stereocenters. The van der Waals surface area contributed by atoms with Crippen LogP contribution in [-0.2, 0) is 6.54 Å². The van der Waals surface area contributed by atoms with Gasteiger partial charge in [0.05, 0.1) is 5.69 Å². The van der Waals surface area contributed by atoms with Crippen molar-refractivity contribution in [2.24, 2.45) is 0 Å². The largest absolute Gasteiger partial charge is 0.446 e. The SMILES string of the molecule is Cc1nc(CN(C)C)c(C)o1. The second-order valence-electron chi connectivity index (χ2n) is 2.97. The van der Waals surface area contributed by atoms with E-state index in [2.05, 4.69) is 9.88 Å². The molecule has 62 valence electrons. The number of aryl methyl sites for hydroxylation is 2. The van der Waals surface area contributed by atoms with Crippen LogP contribution in [0.5, 0.6) is 0 Å². The number of aromatic nitrogens is 1. The molecule has 1 aromatic heterocycles. The van der Waals surface area contributed by atoms with Gasteiger partial charge in [0.25, 0.3) is 0 Å². The lowest BCUT2D eigenvalue weighted by molar-refractivity contribution is 0.393. The topological polar surface area (TPSA) is 29.3 Å². The summed E-state index contributed by atoms with van der Waals surface area (Å²) in [6.45, 7) is 4.66. The Bertz CT molecular complexity index is 240. The van der Waals surface area contributed by atoms with Crippen molar-refractivity contribution in [1.29, 1.82) is 0 Å². The summed E-state index contributed by atoms with van der Waals surface area (Å²) in [6.07, 6.45) is 0. The Kier molecular flexibility index (Phi) is 2.29. The summed E-state index contributed by atoms with van der Waals surface area (Å²) in [5.41, 5.74) is 1.03. The summed E-state index contributed by atoms with van der Waals surface area (Å²) >= 11 is 0. The van der Waals surface area contributed by atoms with E-state index in [1.807, 2.05) is 27.9 Å². The van der Waals surface area contributed by atoms with Crippen LogP contribution in [-0.4, -0.2) is 24.0 Å². The van der Waals surface area contributed by atoms with Crippen LogP contribution < -0.4 is 0 Å². The van der Waals surface area contributed by atoms with Crippen LogP contribution in [0.4, 0.5) is 0 Å². The van der Waals surface area contributed by atoms with E-state index in [-0.39, 0.29) is 0 Å². The van der Waals surface area contributed by atoms with Gasteiger partial charge in [0.2, 0.25) is 0 Å². The van der Waals surface area contributed by atoms with Gasteiger partial charge in [0.15, 0.2) is 5.89 Å². The molecule has 0 unspecified atom stereocenters. The number of hydrogen-bond acceptors (Lipinski definition) is 3. The van der Waals surface area contributed by atoms with Crippen LogP contribution in [0.25, 0.3) is 0 Å². The second-order valence-corrected chi connectivity index (χ2v) is 2.97. The van der Waals surface area contributed by atoms with Gasteiger partial charge in [-0.2, -0.15) is 0 Å². The van der Waals surface area contributed by atoms with Crippen molar-refractivity contribution in [2.45, 2.75) is 20.4 Å². The molecule has 1 aromatic rings. The van der Waals surface area contributed by atoms with E-state index in [0.29, 0.717) is 0 Å². The highest BCUT2D eigenvalue weighted by atomic mass is 16.4. The first-order valence-corrected chi connectivity index (χ1v) is 3.67. The molecule has 0 aliphatic carbocycles. The van der Waals surface area contributed by atoms with Crippen LogP contribution >= 0.6 is 0 Å². The summed E-state index contributed by atoms with van der Waals surface area (Å²) in [6, 6.07) is 0. The fourth-order valence-corrected chi connectivity index (χ4v) is 1.02. The lowest BCUT2D eigenvalue weighted by Gasteiger charge is -2.05. The van der Waals surface area contributed by atoms with Gasteiger partial charge < -0.3 is 9.32 Å². The molecule has 0 spiro atoms. The molecule has 11 heavy (non-hydrogen) atoms. The summed E-state index contributed by atoms with van der Waals surface area (Å²) < 4.78 is 5.28. The van der Waals surface area contributed by atoms with Crippen molar-refractivity contribution in [3.63, 3.8) is 0 Å². The molecule has 0 radical (unpaired) electrons. The quantitative estimate of drug-likeness (QED) is 0.644. The number of oxazole rings is 1. The van der Waals surface area contributed by atoms with Gasteiger partial charge in [-0.15, -0.1) is 0 Å². The van der Waals surface area contributed by atoms with Crippen LogP contribution in [0.2, 0.25) is 0 Å². The van der Waals surface area contributed by atoms with Crippen molar-refractivity contribution in [2.75, 3.05) is 14.1 Å². The third-order valence-corrected chi connectivity index (χ3v) is 1.47. The van der Waals surface area contributed by atoms with Crippen LogP contribution in [0.1, 0.15) is 17.3 Å². The van der Waals surface area contributed by atoms with E-state index in [1.165, 1.54) is 0 Å². The number of nitrogens with zero attached hydrogens (tertiary/aromatic N) is 2. The summed E-state index contributed by atoms with van der Waals surface area (Å²) in [7, 11) is 4.03. The standard InChI is InChI=1S/C8H14N2O/c1-6-8(5-10(3)4)9-7(2)11-6/h5H2,1-4H3. The molecule has 0 aliphatic rings. The molecule has 0 fully saturated rings. The highest BCUT2D eigenvalue weighted by molar-refractivity contribution is 5.06. The van der Waals surface area contributed by atoms with Crippen molar-refractivity contribution in [3.8, 4) is 0 Å². The van der Waals surface area contributed by atoms with Gasteiger partial charge >= 0.3 is 0 Å². The molecular weight excluding hydrogens is 140 g/mol. The van der Waals surface area contributed by atoms with Gasteiger partial charge in [0.1, 0.15) is 5.76 Å². The van der Waals surface area contributed by atoms with E-state index in [0.717, 1.165) is 23.9 Å². The predicted molar refractivity (Wildman–Crippen MR) is 43.4 cm³/mol. The maximum absolute atomic E-state index is 5.28. The smallest absolute Gasteiger partial charge is 0.191 e. The normalized spacial score (nSPS) is 11.0. The molecule has 0 N–H and O–H groups in total. The predicted octanol–water partition coefficient (Wildman–Crippen LogP) is 1.35. The first-order valence-electron chi connectivity index (χ1n) is 3.67. The first kappa shape index (κ1) is 8.27. The zero-order valence-electron chi connectivity index (χ0n) is 7.51. The minimum atomic E-state index is 0.749. The Morgan fingerprint density at radius 2 is 2.00 bits per heavy atom. The summed E-state index contributed by atoms with van der Waals surface area (Å²) in [4.78, 5) is 6.32. The molecule has 3 heteroatoms. The van der Waals surface area contributed by atoms with Gasteiger partial charge in [-0.25, -0.2) is 4.98 Å². The lowest BCUT2D eigenvalue weighted by Crippen LogP contribution is -2.11. The molecule has 0 saturated carbocycles. The van der Waals surface area contributed by atoms with E-state index < -0.39 is 0 Å². The van der Waals surface area contributed by atoms with Gasteiger partial charge in [-0.1, -0.05) is 0 Å². The third-order valence-electron chi connectivity index (χ3n) is 1.47. The fourth-order valence-electron chi connectivity index (χ4n) is 1.02. The minimum absolute atomic E-state index is 0.749. The third kappa shape index (κ3) is 2.05. The average molecular weight is 154 g/mol. The minimum Gasteiger partial charge on any atom is -0.446 e. The van der Waals surface area contributed by atoms with Crippen LogP contribution in [0, 0.1) is 13.8 Å². The maximum Gasteiger partial charge on any atom is 0.191 e. The Balaban J connectivity index is 2.77. The highest BCUT2D eigenvalue weighted by Crippen LogP contribution is 2.09. The van der Waals surface area contributed by atoms with E-state index >= 15 is 0 Å². The Hall–Kier alpha value is -0.830. The van der Waals surface area contributed by atoms with Gasteiger partial charge in [-0.3, -0.25) is 0 Å². The Morgan fingerprint density at radius 3 is 2.36 bits per heavy atom. The molecule has 1 rings (SSSR count). The average Bonchev–Trinajstić information content (AvgIpc) is 2.09. The first-order chi connectivity index (χ1) is 5.09. The Labute approximate surface area is 67.0 Å². The lowest BCUT2D eigenvalue weighted by atomic mass is 10.3. The van der Waals surface area contributed by atoms with E-state index in [1.54, 1.807) is 0 Å². The number of hydrogen-bond donors (Lipinski definition) is 0. The van der Waals surface area contributed by atoms with Crippen LogP contribution in [0.3, 0.4) is 0 Å². The van der Waals surface area contributed by atoms with Crippen molar-refractivity contribution in [1.82, 2.24) is 9.88 Å². The maximum atomic E-state index is 5.28. The molecule has 0 aliphatic heterocycles. The molecule has 0 bridgehead atoms. The molecule has 0 saturated heterocycles. The molecule has 3 nitrogen and oxygen atoms in total. The van der Waals surface area contributed by atoms with Gasteiger partial charge in [0, 0.05) is 13.5 Å². The summed E-state index contributed by atoms with van der Waals surface area (Å²) in [5, 5.41) is 0. The van der Waals surface area contributed by atoms with E-state index in [4.69, 9.17) is 4.42 Å². The molecular formula is C8H14N2O. The monoisotopic (exact) mass is 154 g/mol. The molecule has 0 aromatic carbocycles. The molecule has 0 amide bonds. The highest BCUT2D eigenvalue weighted by Gasteiger charge is 2.06. The molecule has 1 heterocycles. The van der Waals surface area contributed by atoms with Crippen molar-refractivity contribution < 1.29 is 4.42 Å². The zero-order valence-corrected chi connectivity index (χ0v) is 7.51. The van der Waals surface area contributed by atoms with Crippen LogP contribution in [0.15, 0.2) is 4.42 Å². The Morgan fingerprint density at radius 1 is 1.36 bits per heavy atom. The van der Waals surface area contributed by atoms with Gasteiger partial charge in [-0.05, 0) is 21.0 Å². The van der Waals surface area contributed by atoms with E-state index in [9.17, 15) is 0 Å².